The highest BCUT2D eigenvalue weighted by Gasteiger charge is 2.24. The number of carbonyl (C=O) groups excluding carboxylic acids is 3. The van der Waals surface area contributed by atoms with Gasteiger partial charge in [-0.2, -0.15) is 0 Å². The highest BCUT2D eigenvalue weighted by Crippen LogP contribution is 2.40. The number of aliphatic hydroxyl groups excluding tert-OH is 2. The van der Waals surface area contributed by atoms with Crippen LogP contribution < -0.4 is 18.9 Å². The molecule has 4 rings (SSSR count). The van der Waals surface area contributed by atoms with E-state index >= 15 is 0 Å². The van der Waals surface area contributed by atoms with Gasteiger partial charge in [0.2, 0.25) is 0 Å². The number of ether oxygens (including phenoxy) is 7. The Morgan fingerprint density at radius 1 is 0.277 bits per heavy atom. The molecule has 0 bridgehead atoms. The van der Waals surface area contributed by atoms with Crippen molar-refractivity contribution in [3.63, 3.8) is 0 Å². The maximum absolute atomic E-state index is 13.2. The minimum absolute atomic E-state index is 0.0343. The van der Waals surface area contributed by atoms with Gasteiger partial charge in [0, 0.05) is 37.0 Å². The Morgan fingerprint density at radius 2 is 0.515 bits per heavy atom. The first-order valence-electron chi connectivity index (χ1n) is 55.0. The summed E-state index contributed by atoms with van der Waals surface area (Å²) >= 11 is 0. The number of benzene rings is 4. The Kier molecular flexibility index (Phi) is 73.6. The number of aliphatic hydroxyl groups is 2. The van der Waals surface area contributed by atoms with Gasteiger partial charge >= 0.3 is 17.9 Å². The first kappa shape index (κ1) is 116. The van der Waals surface area contributed by atoms with Crippen molar-refractivity contribution in [1.29, 1.82) is 0 Å². The molecular weight excluding hydrogens is 1610 g/mol. The maximum Gasteiger partial charge on any atom is 0.333 e. The molecule has 130 heavy (non-hydrogen) atoms. The monoisotopic (exact) mass is 1810 g/mol. The third-order valence-corrected chi connectivity index (χ3v) is 26.6. The predicted molar refractivity (Wildman–Crippen MR) is 551 cm³/mol. The quantitative estimate of drug-likeness (QED) is 0.0187. The highest BCUT2D eigenvalue weighted by atomic mass is 16.6. The van der Waals surface area contributed by atoms with Crippen LogP contribution in [0.5, 0.6) is 23.0 Å². The van der Waals surface area contributed by atoms with Crippen LogP contribution in [0.4, 0.5) is 0 Å². The lowest BCUT2D eigenvalue weighted by Crippen LogP contribution is -2.15. The molecule has 0 fully saturated rings. The standard InChI is InChI=1S/C118H196O12/c1-9-14-18-22-26-30-34-38-42-46-50-54-58-62-66-70-74-101-78-79-112(125-84-82-119)106(90-101)97-107-93-103(76-72-68-64-60-56-52-48-44-40-36-32-28-24-20-16-11-3)96-111(117(107)129-87-86-126-114(122)81-80-113(121)124-8)99-110-95-104(77-73-69-65-61-57-53-49-45-41-37-33-29-25-21-17-12-4)94-109(116(110)127-85-83-120)98-108-92-102(91-105(13-5)115(108)128-88-89-130-118(123)100(6)7)75-71-67-63-59-55-51-47-43-39-35-31-27-23-19-15-10-2/h78-81,90-96,119-120H,6,9-77,82-89,97-99H2,1-5,7-8H3/b81-80-. The van der Waals surface area contributed by atoms with Crippen molar-refractivity contribution in [2.75, 3.05) is 60.0 Å². The number of unbranched alkanes of at least 4 members (excludes halogenated alkanes) is 60. The van der Waals surface area contributed by atoms with E-state index in [4.69, 9.17) is 33.2 Å². The number of esters is 3. The lowest BCUT2D eigenvalue weighted by atomic mass is 9.89. The van der Waals surface area contributed by atoms with Crippen LogP contribution in [0.2, 0.25) is 0 Å². The molecule has 0 aliphatic carbocycles. The van der Waals surface area contributed by atoms with Crippen LogP contribution in [0.25, 0.3) is 0 Å². The van der Waals surface area contributed by atoms with Gasteiger partial charge < -0.3 is 43.4 Å². The summed E-state index contributed by atoms with van der Waals surface area (Å²) in [4.78, 5) is 38.2. The van der Waals surface area contributed by atoms with Crippen LogP contribution in [-0.2, 0) is 80.0 Å². The molecule has 0 saturated heterocycles. The first-order chi connectivity index (χ1) is 63.9. The lowest BCUT2D eigenvalue weighted by Gasteiger charge is -2.23. The summed E-state index contributed by atoms with van der Waals surface area (Å²) in [6, 6.07) is 20.8. The topological polar surface area (TPSA) is 156 Å². The zero-order chi connectivity index (χ0) is 93.3. The summed E-state index contributed by atoms with van der Waals surface area (Å²) in [5.41, 5.74) is 12.5. The predicted octanol–water partition coefficient (Wildman–Crippen LogP) is 33.1. The third-order valence-electron chi connectivity index (χ3n) is 26.6. The van der Waals surface area contributed by atoms with Crippen LogP contribution in [0.1, 0.15) is 514 Å². The maximum atomic E-state index is 13.2. The molecule has 740 valence electrons. The second-order valence-electron chi connectivity index (χ2n) is 38.6. The Hall–Kier alpha value is -6.11. The average molecular weight is 1810 g/mol. The Morgan fingerprint density at radius 3 is 0.800 bits per heavy atom. The zero-order valence-corrected chi connectivity index (χ0v) is 85.1. The second-order valence-corrected chi connectivity index (χ2v) is 38.6. The van der Waals surface area contributed by atoms with Gasteiger partial charge in [0.05, 0.1) is 20.3 Å². The average Bonchev–Trinajstić information content (AvgIpc) is 0.781. The summed E-state index contributed by atoms with van der Waals surface area (Å²) in [5.74, 6) is 1.21. The zero-order valence-electron chi connectivity index (χ0n) is 85.1. The molecule has 0 amide bonds. The third kappa shape index (κ3) is 58.9. The molecule has 12 nitrogen and oxygen atoms in total. The van der Waals surface area contributed by atoms with Crippen molar-refractivity contribution >= 4 is 17.9 Å². The van der Waals surface area contributed by atoms with Crippen molar-refractivity contribution in [1.82, 2.24) is 0 Å². The smallest absolute Gasteiger partial charge is 0.333 e. The van der Waals surface area contributed by atoms with Gasteiger partial charge in [0.15, 0.2) is 0 Å². The van der Waals surface area contributed by atoms with E-state index in [1.54, 1.807) is 6.92 Å². The largest absolute Gasteiger partial charge is 0.491 e. The Labute approximate surface area is 797 Å². The molecule has 0 aliphatic heterocycles. The molecule has 0 unspecified atom stereocenters. The molecule has 0 spiro atoms. The summed E-state index contributed by atoms with van der Waals surface area (Å²) < 4.78 is 43.8. The van der Waals surface area contributed by atoms with Crippen molar-refractivity contribution in [2.45, 2.75) is 504 Å². The van der Waals surface area contributed by atoms with E-state index in [1.807, 2.05) is 0 Å². The second kappa shape index (κ2) is 82.4. The number of aryl methyl sites for hydroxylation is 5. The van der Waals surface area contributed by atoms with Gasteiger partial charge in [0.25, 0.3) is 0 Å². The van der Waals surface area contributed by atoms with E-state index in [1.165, 1.54) is 402 Å². The van der Waals surface area contributed by atoms with E-state index in [-0.39, 0.29) is 52.9 Å². The van der Waals surface area contributed by atoms with Crippen LogP contribution in [0, 0.1) is 0 Å². The van der Waals surface area contributed by atoms with E-state index in [0.717, 1.165) is 139 Å². The first-order valence-corrected chi connectivity index (χ1v) is 55.0. The van der Waals surface area contributed by atoms with Gasteiger partial charge in [-0.3, -0.25) is 0 Å². The van der Waals surface area contributed by atoms with E-state index in [2.05, 4.69) is 95.8 Å². The van der Waals surface area contributed by atoms with Gasteiger partial charge in [-0.05, 0) is 132 Å². The Balaban J connectivity index is 1.85. The van der Waals surface area contributed by atoms with Crippen LogP contribution in [0.3, 0.4) is 0 Å². The Bertz CT molecular complexity index is 3460. The summed E-state index contributed by atoms with van der Waals surface area (Å²) in [6.07, 6.45) is 92.0. The molecule has 2 N–H and O–H groups in total. The van der Waals surface area contributed by atoms with Crippen molar-refractivity contribution in [3.8, 4) is 23.0 Å². The number of hydrogen-bond donors (Lipinski definition) is 2. The van der Waals surface area contributed by atoms with Gasteiger partial charge in [-0.1, -0.05) is 475 Å². The summed E-state index contributed by atoms with van der Waals surface area (Å²) in [6.45, 7) is 17.1. The number of hydrogen-bond acceptors (Lipinski definition) is 12. The fourth-order valence-electron chi connectivity index (χ4n) is 18.8. The van der Waals surface area contributed by atoms with Gasteiger partial charge in [0.1, 0.15) is 62.6 Å². The number of carbonyl (C=O) groups is 3. The molecule has 0 atom stereocenters. The molecule has 4 aromatic carbocycles. The van der Waals surface area contributed by atoms with Crippen molar-refractivity contribution < 1.29 is 57.8 Å². The molecule has 0 aromatic heterocycles. The van der Waals surface area contributed by atoms with E-state index in [0.29, 0.717) is 30.6 Å². The van der Waals surface area contributed by atoms with Gasteiger partial charge in [-0.15, -0.1) is 0 Å². The molecule has 0 saturated carbocycles. The van der Waals surface area contributed by atoms with Crippen molar-refractivity contribution in [3.05, 3.63) is 140 Å². The number of methoxy groups -OCH3 is 1. The molecular formula is C118H196O12. The molecule has 0 aliphatic rings. The molecule has 0 radical (unpaired) electrons. The minimum Gasteiger partial charge on any atom is -0.491 e. The molecule has 0 heterocycles. The molecule has 12 heteroatoms. The van der Waals surface area contributed by atoms with E-state index in [9.17, 15) is 24.6 Å². The summed E-state index contributed by atoms with van der Waals surface area (Å²) in [5, 5.41) is 21.2. The summed E-state index contributed by atoms with van der Waals surface area (Å²) in [7, 11) is 1.28. The van der Waals surface area contributed by atoms with E-state index < -0.39 is 17.9 Å². The normalized spacial score (nSPS) is 11.5. The fourth-order valence-corrected chi connectivity index (χ4v) is 18.8. The van der Waals surface area contributed by atoms with Crippen LogP contribution >= 0.6 is 0 Å². The number of rotatable bonds is 92. The lowest BCUT2D eigenvalue weighted by molar-refractivity contribution is -0.140. The van der Waals surface area contributed by atoms with Gasteiger partial charge in [-0.25, -0.2) is 14.4 Å². The van der Waals surface area contributed by atoms with Crippen LogP contribution in [0.15, 0.2) is 78.9 Å². The van der Waals surface area contributed by atoms with Crippen molar-refractivity contribution in [2.24, 2.45) is 0 Å². The fraction of sp³-hybridized carbons (Fsp3) is 0.737. The highest BCUT2D eigenvalue weighted by molar-refractivity contribution is 5.91. The van der Waals surface area contributed by atoms with Crippen LogP contribution in [-0.4, -0.2) is 88.1 Å². The SMILES string of the molecule is C=C(C)C(=O)OCCOc1c(CC)cc(CCCCCCCCCCCCCCCCCC)cc1Cc1cc(CCCCCCCCCCCCCCCCCC)cc(Cc2cc(CCCCCCCCCCCCCCCCCC)cc(Cc3cc(CCCCCCCCCCCCCCCCCC)ccc3OCCO)c2OCCOC(=O)/C=C\C(=O)OC)c1OCCO. The minimum atomic E-state index is -0.675. The molecule has 4 aromatic rings.